The maximum Gasteiger partial charge on any atom is 0.264 e. The minimum Gasteiger partial charge on any atom is -0.486 e. The summed E-state index contributed by atoms with van der Waals surface area (Å²) in [4.78, 5) is 27.1. The fourth-order valence-corrected chi connectivity index (χ4v) is 4.85. The zero-order valence-electron chi connectivity index (χ0n) is 24.1. The van der Waals surface area contributed by atoms with E-state index < -0.39 is 5.91 Å². The Labute approximate surface area is 241 Å². The third-order valence-corrected chi connectivity index (χ3v) is 7.04. The van der Waals surface area contributed by atoms with E-state index in [1.54, 1.807) is 5.01 Å². The minimum absolute atomic E-state index is 0.327. The van der Waals surface area contributed by atoms with E-state index in [0.29, 0.717) is 55.4 Å². The molecule has 9 heteroatoms. The number of nitrogens with zero attached hydrogens (tertiary/aromatic N) is 3. The number of primary amides is 1. The Morgan fingerprint density at radius 2 is 1.73 bits per heavy atom. The first-order chi connectivity index (χ1) is 19.9. The highest BCUT2D eigenvalue weighted by Crippen LogP contribution is 2.43. The molecule has 3 heterocycles. The monoisotopic (exact) mass is 555 g/mol. The van der Waals surface area contributed by atoms with Crippen LogP contribution in [0.4, 0.5) is 11.4 Å². The fraction of sp³-hybridized carbons (Fsp3) is 0.312. The summed E-state index contributed by atoms with van der Waals surface area (Å²) in [5.41, 5.74) is 14.0. The Hall–Kier alpha value is -4.66. The Kier molecular flexibility index (Phi) is 9.73. The maximum absolute atomic E-state index is 12.1. The van der Waals surface area contributed by atoms with Crippen LogP contribution in [0.15, 0.2) is 65.4 Å². The predicted octanol–water partition coefficient (Wildman–Crippen LogP) is 5.55. The number of aryl methyl sites for hydroxylation is 3. The van der Waals surface area contributed by atoms with Gasteiger partial charge in [-0.3, -0.25) is 14.6 Å². The van der Waals surface area contributed by atoms with Gasteiger partial charge in [0, 0.05) is 35.6 Å². The minimum atomic E-state index is -0.529. The number of hydrogen-bond acceptors (Lipinski definition) is 7. The van der Waals surface area contributed by atoms with Crippen molar-refractivity contribution in [3.63, 3.8) is 0 Å². The molecule has 0 saturated heterocycles. The molecular weight excluding hydrogens is 518 g/mol. The second kappa shape index (κ2) is 13.6. The van der Waals surface area contributed by atoms with Crippen LogP contribution in [0, 0.1) is 13.8 Å². The van der Waals surface area contributed by atoms with Crippen LogP contribution in [0.2, 0.25) is 0 Å². The molecule has 0 bridgehead atoms. The zero-order valence-corrected chi connectivity index (χ0v) is 24.1. The van der Waals surface area contributed by atoms with Crippen LogP contribution in [0.1, 0.15) is 55.5 Å². The quantitative estimate of drug-likeness (QED) is 0.408. The molecule has 0 saturated carbocycles. The van der Waals surface area contributed by atoms with Gasteiger partial charge in [0.2, 0.25) is 6.41 Å². The number of benzene rings is 2. The van der Waals surface area contributed by atoms with E-state index in [-0.39, 0.29) is 0 Å². The number of fused-ring (bicyclic) bond motifs is 3. The highest BCUT2D eigenvalue weighted by molar-refractivity contribution is 6.38. The molecule has 2 aromatic carbocycles. The smallest absolute Gasteiger partial charge is 0.264 e. The van der Waals surface area contributed by atoms with E-state index in [9.17, 15) is 9.59 Å². The van der Waals surface area contributed by atoms with Crippen LogP contribution < -0.4 is 25.5 Å². The highest BCUT2D eigenvalue weighted by atomic mass is 16.6. The number of hydrazone groups is 1. The molecule has 3 N–H and O–H groups in total. The van der Waals surface area contributed by atoms with E-state index >= 15 is 0 Å². The van der Waals surface area contributed by atoms with Crippen LogP contribution in [-0.2, 0) is 16.0 Å². The summed E-state index contributed by atoms with van der Waals surface area (Å²) >= 11 is 0. The lowest BCUT2D eigenvalue weighted by atomic mass is 9.86. The number of pyridine rings is 1. The molecule has 2 aliphatic heterocycles. The molecule has 0 fully saturated rings. The van der Waals surface area contributed by atoms with Crippen LogP contribution in [0.5, 0.6) is 11.5 Å². The van der Waals surface area contributed by atoms with Gasteiger partial charge in [-0.25, -0.2) is 5.01 Å². The van der Waals surface area contributed by atoms with E-state index in [4.69, 9.17) is 15.2 Å². The standard InChI is InChI=1S/C23H22N4O4.C7H9N.C2H6/c24-23(29)19-7-4-15-2-1-14-3-5-16(25-13-28)11-18(14)22(15)27(26-19)17-6-8-20-21(12-17)31-10-9-30-20;1-6-4-3-5-8-7(6)2;1-2/h3,5-6,8,11-13H,1-2,4,7,9-10H2,(H2,24,29)(H,25,28);3-5H,1-2H3;1-2H3. The fourth-order valence-electron chi connectivity index (χ4n) is 4.85. The third kappa shape index (κ3) is 6.74. The molecule has 0 spiro atoms. The molecule has 1 aromatic heterocycles. The molecule has 9 nitrogen and oxygen atoms in total. The number of rotatable bonds is 4. The normalized spacial score (nSPS) is 14.9. The highest BCUT2D eigenvalue weighted by Gasteiger charge is 2.29. The van der Waals surface area contributed by atoms with Gasteiger partial charge in [0.05, 0.1) is 11.4 Å². The lowest BCUT2D eigenvalue weighted by Gasteiger charge is -2.30. The number of ether oxygens (including phenoxy) is 2. The van der Waals surface area contributed by atoms with Gasteiger partial charge in [-0.05, 0) is 80.1 Å². The number of carbonyl (C=O) groups excluding carboxylic acids is 2. The third-order valence-electron chi connectivity index (χ3n) is 7.04. The average molecular weight is 556 g/mol. The first kappa shape index (κ1) is 29.3. The van der Waals surface area contributed by atoms with Crippen molar-refractivity contribution >= 4 is 35.1 Å². The summed E-state index contributed by atoms with van der Waals surface area (Å²) in [5.74, 6) is 0.789. The number of allylic oxidation sites excluding steroid dienone is 1. The van der Waals surface area contributed by atoms with Crippen molar-refractivity contribution in [3.05, 3.63) is 82.7 Å². The van der Waals surface area contributed by atoms with Gasteiger partial charge in [-0.1, -0.05) is 26.0 Å². The van der Waals surface area contributed by atoms with Gasteiger partial charge >= 0.3 is 0 Å². The largest absolute Gasteiger partial charge is 0.486 e. The molecule has 2 amide bonds. The van der Waals surface area contributed by atoms with Gasteiger partial charge in [-0.15, -0.1) is 0 Å². The maximum atomic E-state index is 12.1. The lowest BCUT2D eigenvalue weighted by Crippen LogP contribution is -2.26. The Bertz CT molecular complexity index is 1460. The topological polar surface area (TPSA) is 119 Å². The molecule has 214 valence electrons. The van der Waals surface area contributed by atoms with Gasteiger partial charge in [0.1, 0.15) is 18.9 Å². The van der Waals surface area contributed by atoms with E-state index in [1.165, 1.54) is 11.1 Å². The van der Waals surface area contributed by atoms with Crippen molar-refractivity contribution in [1.29, 1.82) is 0 Å². The number of nitrogens with two attached hydrogens (primary N) is 1. The van der Waals surface area contributed by atoms with Crippen molar-refractivity contribution < 1.29 is 19.1 Å². The number of hydrogen-bond donors (Lipinski definition) is 2. The van der Waals surface area contributed by atoms with Crippen LogP contribution in [0.25, 0.3) is 5.70 Å². The molecule has 1 aliphatic carbocycles. The zero-order chi connectivity index (χ0) is 29.4. The van der Waals surface area contributed by atoms with Gasteiger partial charge in [0.25, 0.3) is 5.91 Å². The number of nitrogens with one attached hydrogen (secondary N) is 1. The molecular formula is C32H37N5O4. The molecule has 41 heavy (non-hydrogen) atoms. The lowest BCUT2D eigenvalue weighted by molar-refractivity contribution is -0.112. The second-order valence-corrected chi connectivity index (χ2v) is 9.54. The Morgan fingerprint density at radius 1 is 0.976 bits per heavy atom. The van der Waals surface area contributed by atoms with Crippen molar-refractivity contribution in [1.82, 2.24) is 4.98 Å². The summed E-state index contributed by atoms with van der Waals surface area (Å²) in [7, 11) is 0. The number of aromatic nitrogens is 1. The Balaban J connectivity index is 0.000000332. The molecule has 3 aliphatic rings. The molecule has 6 rings (SSSR count). The van der Waals surface area contributed by atoms with E-state index in [1.807, 2.05) is 69.4 Å². The summed E-state index contributed by atoms with van der Waals surface area (Å²) in [5, 5.41) is 9.19. The summed E-state index contributed by atoms with van der Waals surface area (Å²) in [6.45, 7) is 9.05. The van der Waals surface area contributed by atoms with Crippen molar-refractivity contribution in [2.75, 3.05) is 23.5 Å². The van der Waals surface area contributed by atoms with E-state index in [2.05, 4.69) is 28.4 Å². The van der Waals surface area contributed by atoms with Crippen LogP contribution in [-0.4, -0.2) is 36.2 Å². The number of carbonyl (C=O) groups is 2. The van der Waals surface area contributed by atoms with Crippen LogP contribution in [0.3, 0.4) is 0 Å². The van der Waals surface area contributed by atoms with Crippen molar-refractivity contribution in [3.8, 4) is 11.5 Å². The second-order valence-electron chi connectivity index (χ2n) is 9.54. The number of anilines is 2. The number of amides is 2. The predicted molar refractivity (Wildman–Crippen MR) is 162 cm³/mol. The summed E-state index contributed by atoms with van der Waals surface area (Å²) in [6.07, 6.45) is 5.40. The molecule has 0 unspecified atom stereocenters. The molecule has 0 radical (unpaired) electrons. The van der Waals surface area contributed by atoms with Crippen LogP contribution >= 0.6 is 0 Å². The first-order valence-corrected chi connectivity index (χ1v) is 14.0. The molecule has 0 atom stereocenters. The Morgan fingerprint density at radius 3 is 2.41 bits per heavy atom. The van der Waals surface area contributed by atoms with Crippen molar-refractivity contribution in [2.24, 2.45) is 10.8 Å². The van der Waals surface area contributed by atoms with Gasteiger partial charge in [-0.2, -0.15) is 5.10 Å². The SMILES string of the molecule is CC.Cc1cccnc1C.NC(=O)C1=NN(c2ccc3c(c2)OCCO3)C2=C(CC1)CCc1ccc(NC=O)cc12. The van der Waals surface area contributed by atoms with Gasteiger partial charge < -0.3 is 20.5 Å². The first-order valence-electron chi connectivity index (χ1n) is 14.0. The van der Waals surface area contributed by atoms with Gasteiger partial charge in [0.15, 0.2) is 11.5 Å². The molecule has 3 aromatic rings. The summed E-state index contributed by atoms with van der Waals surface area (Å²) < 4.78 is 11.4. The average Bonchev–Trinajstić information content (AvgIpc) is 3.20. The van der Waals surface area contributed by atoms with Crippen molar-refractivity contribution in [2.45, 2.75) is 53.4 Å². The van der Waals surface area contributed by atoms with E-state index in [0.717, 1.165) is 41.0 Å². The summed E-state index contributed by atoms with van der Waals surface area (Å²) in [6, 6.07) is 15.5.